The Morgan fingerprint density at radius 3 is 2.40 bits per heavy atom. The maximum absolute atomic E-state index is 12.2. The van der Waals surface area contributed by atoms with Crippen molar-refractivity contribution >= 4 is 23.1 Å². The first-order valence-electron chi connectivity index (χ1n) is 7.77. The van der Waals surface area contributed by atoms with Gasteiger partial charge >= 0.3 is 0 Å². The van der Waals surface area contributed by atoms with Crippen LogP contribution in [0.2, 0.25) is 0 Å². The van der Waals surface area contributed by atoms with E-state index in [1.54, 1.807) is 19.2 Å². The fourth-order valence-electron chi connectivity index (χ4n) is 2.24. The number of methoxy groups -OCH3 is 1. The highest BCUT2D eigenvalue weighted by atomic mass is 16.5. The minimum Gasteiger partial charge on any atom is -0.495 e. The van der Waals surface area contributed by atoms with Crippen molar-refractivity contribution in [1.29, 1.82) is 0 Å². The highest BCUT2D eigenvalue weighted by Gasteiger charge is 2.09. The summed E-state index contributed by atoms with van der Waals surface area (Å²) in [6.07, 6.45) is 0. The molecule has 0 saturated heterocycles. The van der Waals surface area contributed by atoms with Crippen molar-refractivity contribution in [2.45, 2.75) is 6.92 Å². The molecule has 0 saturated carbocycles. The monoisotopic (exact) mass is 334 g/mol. The molecule has 0 atom stereocenters. The number of ether oxygens (including phenoxy) is 1. The molecule has 126 valence electrons. The number of anilines is 3. The summed E-state index contributed by atoms with van der Waals surface area (Å²) in [5.74, 6) is 0.919. The lowest BCUT2D eigenvalue weighted by Gasteiger charge is -2.10. The molecule has 0 spiro atoms. The zero-order valence-corrected chi connectivity index (χ0v) is 14.0. The average Bonchev–Trinajstić information content (AvgIpc) is 2.64. The third-order valence-electron chi connectivity index (χ3n) is 3.58. The van der Waals surface area contributed by atoms with Crippen LogP contribution in [0.4, 0.5) is 17.2 Å². The van der Waals surface area contributed by atoms with E-state index in [2.05, 4.69) is 20.8 Å². The van der Waals surface area contributed by atoms with Crippen LogP contribution in [-0.2, 0) is 0 Å². The minimum atomic E-state index is -0.305. The molecular weight excluding hydrogens is 316 g/mol. The molecule has 3 aromatic rings. The lowest BCUT2D eigenvalue weighted by molar-refractivity contribution is 0.102. The molecule has 0 aliphatic carbocycles. The van der Waals surface area contributed by atoms with E-state index in [4.69, 9.17) is 4.74 Å². The first-order chi connectivity index (χ1) is 12.2. The smallest absolute Gasteiger partial charge is 0.276 e. The fourth-order valence-corrected chi connectivity index (χ4v) is 2.24. The normalized spacial score (nSPS) is 10.2. The van der Waals surface area contributed by atoms with Gasteiger partial charge in [0.25, 0.3) is 5.91 Å². The maximum atomic E-state index is 12.2. The Bertz CT molecular complexity index is 861. The van der Waals surface area contributed by atoms with Crippen LogP contribution in [0.1, 0.15) is 16.1 Å². The number of carbonyl (C=O) groups excluding carboxylic acids is 1. The molecule has 1 aromatic heterocycles. The zero-order valence-electron chi connectivity index (χ0n) is 14.0. The second-order valence-electron chi connectivity index (χ2n) is 5.45. The fraction of sp³-hybridized carbons (Fsp3) is 0.105. The molecule has 2 N–H and O–H groups in total. The topological polar surface area (TPSA) is 76.1 Å². The Hall–Kier alpha value is -3.41. The summed E-state index contributed by atoms with van der Waals surface area (Å²) >= 11 is 0. The standard InChI is InChI=1S/C19H18N4O2/c1-13-7-9-14(10-8-13)20-19(24)16-11-12-18(23-22-16)21-15-5-3-4-6-17(15)25-2/h3-12H,1-2H3,(H,20,24)(H,21,23). The van der Waals surface area contributed by atoms with Gasteiger partial charge in [0.05, 0.1) is 12.8 Å². The number of aromatic nitrogens is 2. The van der Waals surface area contributed by atoms with Crippen molar-refractivity contribution < 1.29 is 9.53 Å². The summed E-state index contributed by atoms with van der Waals surface area (Å²) in [5.41, 5.74) is 2.86. The summed E-state index contributed by atoms with van der Waals surface area (Å²) in [4.78, 5) is 12.2. The highest BCUT2D eigenvalue weighted by molar-refractivity contribution is 6.02. The first-order valence-corrected chi connectivity index (χ1v) is 7.77. The van der Waals surface area contributed by atoms with Crippen LogP contribution in [0, 0.1) is 6.92 Å². The Labute approximate surface area is 145 Å². The van der Waals surface area contributed by atoms with Crippen molar-refractivity contribution in [3.63, 3.8) is 0 Å². The van der Waals surface area contributed by atoms with Crippen LogP contribution in [0.25, 0.3) is 0 Å². The number of nitrogens with zero attached hydrogens (tertiary/aromatic N) is 2. The summed E-state index contributed by atoms with van der Waals surface area (Å²) in [6.45, 7) is 1.99. The summed E-state index contributed by atoms with van der Waals surface area (Å²) in [7, 11) is 1.60. The van der Waals surface area contributed by atoms with Crippen LogP contribution in [0.5, 0.6) is 5.75 Å². The van der Waals surface area contributed by atoms with Crippen molar-refractivity contribution in [1.82, 2.24) is 10.2 Å². The van der Waals surface area contributed by atoms with Gasteiger partial charge in [-0.1, -0.05) is 29.8 Å². The van der Waals surface area contributed by atoms with Gasteiger partial charge < -0.3 is 15.4 Å². The maximum Gasteiger partial charge on any atom is 0.276 e. The minimum absolute atomic E-state index is 0.242. The molecule has 0 fully saturated rings. The van der Waals surface area contributed by atoms with Gasteiger partial charge in [-0.15, -0.1) is 10.2 Å². The molecule has 0 unspecified atom stereocenters. The number of nitrogens with one attached hydrogen (secondary N) is 2. The molecule has 3 rings (SSSR count). The van der Waals surface area contributed by atoms with E-state index in [-0.39, 0.29) is 11.6 Å². The summed E-state index contributed by atoms with van der Waals surface area (Å²) in [5, 5.41) is 13.9. The molecule has 6 heteroatoms. The number of hydrogen-bond donors (Lipinski definition) is 2. The van der Waals surface area contributed by atoms with E-state index < -0.39 is 0 Å². The first kappa shape index (κ1) is 16.4. The molecule has 1 amide bonds. The van der Waals surface area contributed by atoms with Gasteiger partial charge in [0.1, 0.15) is 5.75 Å². The molecule has 1 heterocycles. The third-order valence-corrected chi connectivity index (χ3v) is 3.58. The van der Waals surface area contributed by atoms with Crippen LogP contribution in [-0.4, -0.2) is 23.2 Å². The van der Waals surface area contributed by atoms with Crippen molar-refractivity contribution in [3.05, 3.63) is 71.9 Å². The molecule has 6 nitrogen and oxygen atoms in total. The Morgan fingerprint density at radius 1 is 0.960 bits per heavy atom. The van der Waals surface area contributed by atoms with E-state index in [1.807, 2.05) is 55.5 Å². The molecule has 0 aliphatic rings. The highest BCUT2D eigenvalue weighted by Crippen LogP contribution is 2.25. The number of hydrogen-bond acceptors (Lipinski definition) is 5. The van der Waals surface area contributed by atoms with Gasteiger partial charge in [-0.3, -0.25) is 4.79 Å². The molecular formula is C19H18N4O2. The van der Waals surface area contributed by atoms with Crippen LogP contribution in [0.3, 0.4) is 0 Å². The second-order valence-corrected chi connectivity index (χ2v) is 5.45. The lowest BCUT2D eigenvalue weighted by Crippen LogP contribution is -2.14. The molecule has 2 aromatic carbocycles. The molecule has 0 bridgehead atoms. The SMILES string of the molecule is COc1ccccc1Nc1ccc(C(=O)Nc2ccc(C)cc2)nn1. The van der Waals surface area contributed by atoms with Crippen molar-refractivity contribution in [2.75, 3.05) is 17.7 Å². The summed E-state index contributed by atoms with van der Waals surface area (Å²) in [6, 6.07) is 18.4. The number of rotatable bonds is 5. The third kappa shape index (κ3) is 4.11. The van der Waals surface area contributed by atoms with Gasteiger partial charge in [-0.05, 0) is 43.3 Å². The largest absolute Gasteiger partial charge is 0.495 e. The number of para-hydroxylation sites is 2. The van der Waals surface area contributed by atoms with Crippen LogP contribution >= 0.6 is 0 Å². The molecule has 0 aliphatic heterocycles. The Kier molecular flexibility index (Phi) is 4.89. The lowest BCUT2D eigenvalue weighted by atomic mass is 10.2. The van der Waals surface area contributed by atoms with Crippen molar-refractivity contribution in [3.8, 4) is 5.75 Å². The zero-order chi connectivity index (χ0) is 17.6. The van der Waals surface area contributed by atoms with E-state index in [0.717, 1.165) is 11.3 Å². The van der Waals surface area contributed by atoms with Gasteiger partial charge in [0, 0.05) is 5.69 Å². The van der Waals surface area contributed by atoms with E-state index in [9.17, 15) is 4.79 Å². The number of aryl methyl sites for hydroxylation is 1. The van der Waals surface area contributed by atoms with Gasteiger partial charge in [-0.2, -0.15) is 0 Å². The van der Waals surface area contributed by atoms with E-state index in [1.165, 1.54) is 0 Å². The predicted octanol–water partition coefficient (Wildman–Crippen LogP) is 3.79. The quantitative estimate of drug-likeness (QED) is 0.742. The van der Waals surface area contributed by atoms with E-state index in [0.29, 0.717) is 17.3 Å². The van der Waals surface area contributed by atoms with Gasteiger partial charge in [-0.25, -0.2) is 0 Å². The Balaban J connectivity index is 1.69. The predicted molar refractivity (Wildman–Crippen MR) is 97.4 cm³/mol. The van der Waals surface area contributed by atoms with Crippen LogP contribution < -0.4 is 15.4 Å². The van der Waals surface area contributed by atoms with E-state index >= 15 is 0 Å². The van der Waals surface area contributed by atoms with Crippen LogP contribution in [0.15, 0.2) is 60.7 Å². The van der Waals surface area contributed by atoms with Gasteiger partial charge in [0.15, 0.2) is 11.5 Å². The molecule has 25 heavy (non-hydrogen) atoms. The Morgan fingerprint density at radius 2 is 1.72 bits per heavy atom. The van der Waals surface area contributed by atoms with Gasteiger partial charge in [0.2, 0.25) is 0 Å². The number of carbonyl (C=O) groups is 1. The molecule has 0 radical (unpaired) electrons. The average molecular weight is 334 g/mol. The van der Waals surface area contributed by atoms with Crippen molar-refractivity contribution in [2.24, 2.45) is 0 Å². The number of amides is 1. The number of benzene rings is 2. The second kappa shape index (κ2) is 7.44. The summed E-state index contributed by atoms with van der Waals surface area (Å²) < 4.78 is 5.28.